The van der Waals surface area contributed by atoms with E-state index in [1.54, 1.807) is 7.11 Å². The number of fused-ring (bicyclic) bond motifs is 2. The molecule has 0 aliphatic rings. The van der Waals surface area contributed by atoms with Gasteiger partial charge in [-0.2, -0.15) is 5.26 Å². The number of aromatic nitrogens is 3. The zero-order valence-corrected chi connectivity index (χ0v) is 19.9. The zero-order chi connectivity index (χ0) is 24.2. The van der Waals surface area contributed by atoms with Crippen LogP contribution >= 0.6 is 0 Å². The molecule has 0 unspecified atom stereocenters. The Morgan fingerprint density at radius 1 is 0.886 bits per heavy atom. The molecule has 6 nitrogen and oxygen atoms in total. The first-order chi connectivity index (χ1) is 17.2. The molecule has 0 aliphatic carbocycles. The predicted octanol–water partition coefficient (Wildman–Crippen LogP) is 5.56. The van der Waals surface area contributed by atoms with E-state index < -0.39 is 0 Å². The summed E-state index contributed by atoms with van der Waals surface area (Å²) in [4.78, 5) is 10.0. The van der Waals surface area contributed by atoms with Gasteiger partial charge in [-0.1, -0.05) is 48.5 Å². The number of nitriles is 1. The summed E-state index contributed by atoms with van der Waals surface area (Å²) >= 11 is 0. The fourth-order valence-electron chi connectivity index (χ4n) is 4.45. The van der Waals surface area contributed by atoms with Crippen LogP contribution in [-0.2, 0) is 17.6 Å². The minimum Gasteiger partial charge on any atom is -0.489 e. The lowest BCUT2D eigenvalue weighted by Gasteiger charge is -2.14. The molecule has 0 radical (unpaired) electrons. The average Bonchev–Trinajstić information content (AvgIpc) is 3.24. The van der Waals surface area contributed by atoms with Gasteiger partial charge in [0.15, 0.2) is 0 Å². The fourth-order valence-corrected chi connectivity index (χ4v) is 4.45. The minimum absolute atomic E-state index is 0.436. The molecule has 35 heavy (non-hydrogen) atoms. The number of ether oxygens (including phenoxy) is 2. The lowest BCUT2D eigenvalue weighted by Crippen LogP contribution is -2.09. The molecule has 0 saturated heterocycles. The molecular weight excluding hydrogens is 436 g/mol. The normalized spacial score (nSPS) is 11.1. The van der Waals surface area contributed by atoms with Crippen molar-refractivity contribution in [3.63, 3.8) is 0 Å². The maximum absolute atomic E-state index is 9.59. The van der Waals surface area contributed by atoms with E-state index in [4.69, 9.17) is 19.4 Å². The third kappa shape index (κ3) is 4.46. The first-order valence-corrected chi connectivity index (χ1v) is 11.7. The highest BCUT2D eigenvalue weighted by Gasteiger charge is 2.17. The minimum atomic E-state index is 0.436. The summed E-state index contributed by atoms with van der Waals surface area (Å²) in [6.45, 7) is 2.94. The third-order valence-corrected chi connectivity index (χ3v) is 6.15. The Morgan fingerprint density at radius 2 is 1.71 bits per heavy atom. The van der Waals surface area contributed by atoms with Gasteiger partial charge in [0.05, 0.1) is 29.5 Å². The van der Waals surface area contributed by atoms with E-state index in [2.05, 4.69) is 36.4 Å². The molecule has 0 fully saturated rings. The maximum Gasteiger partial charge on any atom is 0.235 e. The molecule has 5 rings (SSSR count). The molecule has 0 amide bonds. The Labute approximate surface area is 204 Å². The quantitative estimate of drug-likeness (QED) is 0.282. The topological polar surface area (TPSA) is 73.0 Å². The van der Waals surface area contributed by atoms with Gasteiger partial charge in [-0.25, -0.2) is 9.97 Å². The Balaban J connectivity index is 1.68. The third-order valence-electron chi connectivity index (χ3n) is 6.15. The number of hydrogen-bond donors (Lipinski definition) is 0. The largest absolute Gasteiger partial charge is 0.489 e. The van der Waals surface area contributed by atoms with E-state index in [0.29, 0.717) is 30.5 Å². The molecule has 2 aromatic heterocycles. The number of nitrogens with zero attached hydrogens (tertiary/aromatic N) is 4. The molecule has 2 heterocycles. The van der Waals surface area contributed by atoms with Crippen molar-refractivity contribution in [2.45, 2.75) is 19.8 Å². The van der Waals surface area contributed by atoms with E-state index in [9.17, 15) is 5.26 Å². The van der Waals surface area contributed by atoms with Crippen molar-refractivity contribution in [1.82, 2.24) is 14.5 Å². The van der Waals surface area contributed by atoms with Crippen molar-refractivity contribution in [2.75, 3.05) is 20.3 Å². The SMILES string of the molecule is COCCOc1cccc2c(CCc3ccccc3)nc(-n3c(C)cc4c(C#N)cccc43)nc12. The van der Waals surface area contributed by atoms with Gasteiger partial charge in [0.2, 0.25) is 5.95 Å². The van der Waals surface area contributed by atoms with Crippen molar-refractivity contribution in [2.24, 2.45) is 0 Å². The summed E-state index contributed by atoms with van der Waals surface area (Å²) in [7, 11) is 1.66. The molecule has 6 heteroatoms. The van der Waals surface area contributed by atoms with Crippen LogP contribution in [0.1, 0.15) is 22.5 Å². The lowest BCUT2D eigenvalue weighted by molar-refractivity contribution is 0.147. The first-order valence-electron chi connectivity index (χ1n) is 11.7. The van der Waals surface area contributed by atoms with Crippen LogP contribution in [0.2, 0.25) is 0 Å². The molecule has 0 bridgehead atoms. The molecule has 0 atom stereocenters. The van der Waals surface area contributed by atoms with Crippen LogP contribution in [0.5, 0.6) is 5.75 Å². The zero-order valence-electron chi connectivity index (χ0n) is 19.9. The van der Waals surface area contributed by atoms with Crippen molar-refractivity contribution >= 4 is 21.8 Å². The van der Waals surface area contributed by atoms with E-state index >= 15 is 0 Å². The van der Waals surface area contributed by atoms with Gasteiger partial charge in [-0.15, -0.1) is 0 Å². The maximum atomic E-state index is 9.59. The van der Waals surface area contributed by atoms with Gasteiger partial charge in [0.25, 0.3) is 0 Å². The van der Waals surface area contributed by atoms with Crippen molar-refractivity contribution in [3.05, 3.63) is 95.3 Å². The second-order valence-electron chi connectivity index (χ2n) is 8.42. The summed E-state index contributed by atoms with van der Waals surface area (Å²) in [6, 6.07) is 26.4. The van der Waals surface area contributed by atoms with Gasteiger partial charge < -0.3 is 9.47 Å². The molecule has 0 saturated carbocycles. The number of methoxy groups -OCH3 is 1. The Bertz CT molecular complexity index is 1530. The van der Waals surface area contributed by atoms with Gasteiger partial charge >= 0.3 is 0 Å². The Hall–Kier alpha value is -4.21. The van der Waals surface area contributed by atoms with Gasteiger partial charge in [0.1, 0.15) is 17.9 Å². The standard InChI is InChI=1S/C29H26N4O2/c1-20-18-24-22(19-30)10-6-12-26(24)33(20)29-31-25(15-14-21-8-4-3-5-9-21)23-11-7-13-27(28(23)32-29)35-17-16-34-2/h3-13,18H,14-17H2,1-2H3. The van der Waals surface area contributed by atoms with Crippen molar-refractivity contribution < 1.29 is 9.47 Å². The summed E-state index contributed by atoms with van der Waals surface area (Å²) < 4.78 is 13.2. The second-order valence-corrected chi connectivity index (χ2v) is 8.42. The van der Waals surface area contributed by atoms with Crippen LogP contribution in [0.4, 0.5) is 0 Å². The van der Waals surface area contributed by atoms with E-state index in [-0.39, 0.29) is 0 Å². The van der Waals surface area contributed by atoms with Crippen molar-refractivity contribution in [1.29, 1.82) is 5.26 Å². The fraction of sp³-hybridized carbons (Fsp3) is 0.207. The molecule has 174 valence electrons. The second kappa shape index (κ2) is 9.96. The van der Waals surface area contributed by atoms with Crippen molar-refractivity contribution in [3.8, 4) is 17.8 Å². The van der Waals surface area contributed by atoms with Crippen LogP contribution in [0.3, 0.4) is 0 Å². The van der Waals surface area contributed by atoms with E-state index in [1.165, 1.54) is 5.56 Å². The number of para-hydroxylation sites is 1. The number of hydrogen-bond acceptors (Lipinski definition) is 5. The van der Waals surface area contributed by atoms with Gasteiger partial charge in [-0.3, -0.25) is 4.57 Å². The molecule has 0 N–H and O–H groups in total. The van der Waals surface area contributed by atoms with Gasteiger partial charge in [-0.05, 0) is 49.6 Å². The number of rotatable bonds is 8. The Morgan fingerprint density at radius 3 is 2.51 bits per heavy atom. The highest BCUT2D eigenvalue weighted by atomic mass is 16.5. The summed E-state index contributed by atoms with van der Waals surface area (Å²) in [5.74, 6) is 1.28. The smallest absolute Gasteiger partial charge is 0.235 e. The average molecular weight is 463 g/mol. The molecule has 3 aromatic carbocycles. The summed E-state index contributed by atoms with van der Waals surface area (Å²) in [6.07, 6.45) is 1.63. The van der Waals surface area contributed by atoms with Crippen LogP contribution < -0.4 is 4.74 Å². The number of aryl methyl sites for hydroxylation is 3. The molecule has 0 aliphatic heterocycles. The number of benzene rings is 3. The molecular formula is C29H26N4O2. The van der Waals surface area contributed by atoms with E-state index in [0.717, 1.165) is 46.0 Å². The summed E-state index contributed by atoms with van der Waals surface area (Å²) in [5.41, 5.74) is 5.51. The first kappa shape index (κ1) is 22.6. The molecule has 5 aromatic rings. The lowest BCUT2D eigenvalue weighted by atomic mass is 10.0. The Kier molecular flexibility index (Phi) is 6.42. The molecule has 0 spiro atoms. The van der Waals surface area contributed by atoms with E-state index in [1.807, 2.05) is 54.0 Å². The van der Waals surface area contributed by atoms with Crippen LogP contribution in [0.25, 0.3) is 27.8 Å². The highest BCUT2D eigenvalue weighted by molar-refractivity contribution is 5.90. The van der Waals surface area contributed by atoms with Crippen LogP contribution in [0, 0.1) is 18.3 Å². The van der Waals surface area contributed by atoms with Crippen LogP contribution in [-0.4, -0.2) is 34.9 Å². The van der Waals surface area contributed by atoms with Gasteiger partial charge in [0, 0.05) is 23.6 Å². The highest BCUT2D eigenvalue weighted by Crippen LogP contribution is 2.30. The van der Waals surface area contributed by atoms with Crippen LogP contribution in [0.15, 0.2) is 72.8 Å². The summed E-state index contributed by atoms with van der Waals surface area (Å²) in [5, 5.41) is 11.5. The predicted molar refractivity (Wildman–Crippen MR) is 137 cm³/mol. The monoisotopic (exact) mass is 462 g/mol.